The largest absolute Gasteiger partial charge is 0.416 e. The molecule has 2 atom stereocenters. The minimum Gasteiger partial charge on any atom is -0.337 e. The number of alkyl halides is 3. The van der Waals surface area contributed by atoms with E-state index in [0.29, 0.717) is 19.5 Å². The van der Waals surface area contributed by atoms with Crippen LogP contribution >= 0.6 is 0 Å². The van der Waals surface area contributed by atoms with E-state index in [1.54, 1.807) is 17.0 Å². The molecule has 1 aromatic rings. The lowest BCUT2D eigenvalue weighted by Crippen LogP contribution is -2.51. The Labute approximate surface area is 146 Å². The molecule has 138 valence electrons. The average Bonchev–Trinajstić information content (AvgIpc) is 2.80. The topological polar surface area (TPSA) is 32.3 Å². The van der Waals surface area contributed by atoms with E-state index in [-0.39, 0.29) is 11.5 Å². The molecule has 0 aromatic heterocycles. The second-order valence-corrected chi connectivity index (χ2v) is 8.16. The third-order valence-corrected chi connectivity index (χ3v) is 5.57. The molecule has 2 unspecified atom stereocenters. The molecule has 1 aromatic carbocycles. The average molecular weight is 354 g/mol. The van der Waals surface area contributed by atoms with Gasteiger partial charge in [-0.1, -0.05) is 18.2 Å². The van der Waals surface area contributed by atoms with Crippen LogP contribution in [0, 0.1) is 5.41 Å². The Bertz CT molecular complexity index is 657. The Morgan fingerprint density at radius 3 is 2.44 bits per heavy atom. The molecule has 2 heterocycles. The number of hydrogen-bond donors (Lipinski definition) is 1. The number of nitrogens with zero attached hydrogens (tertiary/aromatic N) is 1. The highest BCUT2D eigenvalue weighted by molar-refractivity contribution is 5.88. The van der Waals surface area contributed by atoms with Crippen molar-refractivity contribution in [1.29, 1.82) is 0 Å². The molecule has 2 fully saturated rings. The van der Waals surface area contributed by atoms with Gasteiger partial charge in [0.25, 0.3) is 0 Å². The summed E-state index contributed by atoms with van der Waals surface area (Å²) in [6, 6.07) is 5.72. The van der Waals surface area contributed by atoms with Gasteiger partial charge in [-0.25, -0.2) is 0 Å². The molecule has 3 rings (SSSR count). The van der Waals surface area contributed by atoms with Crippen molar-refractivity contribution in [2.24, 2.45) is 5.41 Å². The van der Waals surface area contributed by atoms with Crippen LogP contribution in [-0.4, -0.2) is 36.0 Å². The van der Waals surface area contributed by atoms with E-state index >= 15 is 0 Å². The fraction of sp³-hybridized carbons (Fsp3) is 0.632. The lowest BCUT2D eigenvalue weighted by molar-refractivity contribution is -0.142. The van der Waals surface area contributed by atoms with Gasteiger partial charge in [-0.3, -0.25) is 4.79 Å². The van der Waals surface area contributed by atoms with Crippen molar-refractivity contribution in [2.45, 2.75) is 51.2 Å². The molecule has 2 aliphatic rings. The molecule has 3 nitrogen and oxygen atoms in total. The summed E-state index contributed by atoms with van der Waals surface area (Å²) in [5.41, 5.74) is -1.57. The number of benzene rings is 1. The van der Waals surface area contributed by atoms with Gasteiger partial charge in [-0.15, -0.1) is 0 Å². The zero-order valence-corrected chi connectivity index (χ0v) is 14.9. The third kappa shape index (κ3) is 3.05. The van der Waals surface area contributed by atoms with Crippen LogP contribution in [0.1, 0.15) is 50.7 Å². The van der Waals surface area contributed by atoms with E-state index in [9.17, 15) is 18.0 Å². The van der Waals surface area contributed by atoms with Crippen molar-refractivity contribution in [1.82, 2.24) is 10.2 Å². The van der Waals surface area contributed by atoms with E-state index in [0.717, 1.165) is 19.0 Å². The minimum absolute atomic E-state index is 0.0193. The highest BCUT2D eigenvalue weighted by atomic mass is 19.4. The second kappa shape index (κ2) is 6.01. The fourth-order valence-corrected chi connectivity index (χ4v) is 4.30. The molecule has 1 amide bonds. The van der Waals surface area contributed by atoms with Crippen LogP contribution in [0.25, 0.3) is 0 Å². The van der Waals surface area contributed by atoms with E-state index < -0.39 is 28.6 Å². The van der Waals surface area contributed by atoms with Crippen molar-refractivity contribution in [2.75, 3.05) is 19.6 Å². The number of hydrogen-bond acceptors (Lipinski definition) is 2. The van der Waals surface area contributed by atoms with Crippen molar-refractivity contribution in [3.05, 3.63) is 35.4 Å². The Hall–Kier alpha value is -1.56. The molecule has 1 N–H and O–H groups in total. The summed E-state index contributed by atoms with van der Waals surface area (Å²) in [6.45, 7) is 7.39. The zero-order chi connectivity index (χ0) is 18.5. The molecular formula is C19H25F3N2O. The number of likely N-dealkylation sites (tertiary alicyclic amines) is 1. The van der Waals surface area contributed by atoms with Crippen molar-refractivity contribution in [3.8, 4) is 0 Å². The van der Waals surface area contributed by atoms with E-state index in [1.165, 1.54) is 6.07 Å². The maximum Gasteiger partial charge on any atom is 0.416 e. The molecule has 0 aliphatic carbocycles. The second-order valence-electron chi connectivity index (χ2n) is 8.16. The summed E-state index contributed by atoms with van der Waals surface area (Å²) >= 11 is 0. The van der Waals surface area contributed by atoms with Gasteiger partial charge in [0.2, 0.25) is 5.91 Å². The molecule has 25 heavy (non-hydrogen) atoms. The standard InChI is InChI=1S/C19H25F3N2O/c1-17(2,3)24-11-15(18(16(24)25)9-6-10-23-12-18)13-7-4-5-8-14(13)19(20,21)22/h4-5,7-8,15,23H,6,9-12H2,1-3H3. The summed E-state index contributed by atoms with van der Waals surface area (Å²) in [6.07, 6.45) is -2.99. The van der Waals surface area contributed by atoms with E-state index in [1.807, 2.05) is 20.8 Å². The van der Waals surface area contributed by atoms with Crippen molar-refractivity contribution < 1.29 is 18.0 Å². The summed E-state index contributed by atoms with van der Waals surface area (Å²) < 4.78 is 40.7. The van der Waals surface area contributed by atoms with Crippen molar-refractivity contribution in [3.63, 3.8) is 0 Å². The zero-order valence-electron chi connectivity index (χ0n) is 14.9. The highest BCUT2D eigenvalue weighted by Gasteiger charge is 2.57. The van der Waals surface area contributed by atoms with Gasteiger partial charge >= 0.3 is 6.18 Å². The van der Waals surface area contributed by atoms with Gasteiger partial charge < -0.3 is 10.2 Å². The van der Waals surface area contributed by atoms with Gasteiger partial charge in [-0.2, -0.15) is 13.2 Å². The van der Waals surface area contributed by atoms with Gasteiger partial charge in [0.15, 0.2) is 0 Å². The quantitative estimate of drug-likeness (QED) is 0.832. The maximum atomic E-state index is 13.6. The smallest absolute Gasteiger partial charge is 0.337 e. The molecular weight excluding hydrogens is 329 g/mol. The number of amides is 1. The first-order valence-electron chi connectivity index (χ1n) is 8.76. The molecule has 2 saturated heterocycles. The molecule has 0 radical (unpaired) electrons. The van der Waals surface area contributed by atoms with Gasteiger partial charge in [0.1, 0.15) is 0 Å². The summed E-state index contributed by atoms with van der Waals surface area (Å²) in [5, 5.41) is 3.25. The molecule has 1 spiro atoms. The third-order valence-electron chi connectivity index (χ3n) is 5.57. The lowest BCUT2D eigenvalue weighted by atomic mass is 9.68. The SMILES string of the molecule is CC(C)(C)N1CC(c2ccccc2C(F)(F)F)C2(CCCNC2)C1=O. The van der Waals surface area contributed by atoms with Gasteiger partial charge in [-0.05, 0) is 51.8 Å². The first kappa shape index (κ1) is 18.2. The number of halogens is 3. The van der Waals surface area contributed by atoms with Crippen LogP contribution in [0.15, 0.2) is 24.3 Å². The van der Waals surface area contributed by atoms with Crippen LogP contribution in [-0.2, 0) is 11.0 Å². The minimum atomic E-state index is -4.42. The van der Waals surface area contributed by atoms with Crippen LogP contribution in [0.4, 0.5) is 13.2 Å². The summed E-state index contributed by atoms with van der Waals surface area (Å²) in [5.74, 6) is -0.473. The Balaban J connectivity index is 2.12. The van der Waals surface area contributed by atoms with E-state index in [2.05, 4.69) is 5.32 Å². The monoisotopic (exact) mass is 354 g/mol. The molecule has 6 heteroatoms. The number of carbonyl (C=O) groups excluding carboxylic acids is 1. The molecule has 2 aliphatic heterocycles. The van der Waals surface area contributed by atoms with Gasteiger partial charge in [0, 0.05) is 24.5 Å². The fourth-order valence-electron chi connectivity index (χ4n) is 4.30. The van der Waals surface area contributed by atoms with Crippen LogP contribution in [0.5, 0.6) is 0 Å². The predicted molar refractivity (Wildman–Crippen MR) is 90.2 cm³/mol. The van der Waals surface area contributed by atoms with Crippen LogP contribution in [0.2, 0.25) is 0 Å². The highest BCUT2D eigenvalue weighted by Crippen LogP contribution is 2.51. The number of nitrogens with one attached hydrogen (secondary N) is 1. The number of piperidine rings is 1. The molecule has 0 saturated carbocycles. The number of carbonyl (C=O) groups is 1. The Morgan fingerprint density at radius 1 is 1.20 bits per heavy atom. The van der Waals surface area contributed by atoms with Crippen LogP contribution in [0.3, 0.4) is 0 Å². The first-order chi connectivity index (χ1) is 11.6. The molecule has 0 bridgehead atoms. The summed E-state index contributed by atoms with van der Waals surface area (Å²) in [7, 11) is 0. The normalized spacial score (nSPS) is 28.0. The first-order valence-corrected chi connectivity index (χ1v) is 8.76. The lowest BCUT2D eigenvalue weighted by Gasteiger charge is -2.38. The van der Waals surface area contributed by atoms with Crippen molar-refractivity contribution >= 4 is 5.91 Å². The predicted octanol–water partition coefficient (Wildman–Crippen LogP) is 3.80. The number of rotatable bonds is 1. The van der Waals surface area contributed by atoms with Gasteiger partial charge in [0.05, 0.1) is 11.0 Å². The Morgan fingerprint density at radius 2 is 1.88 bits per heavy atom. The summed E-state index contributed by atoms with van der Waals surface area (Å²) in [4.78, 5) is 15.0. The Kier molecular flexibility index (Phi) is 4.38. The maximum absolute atomic E-state index is 13.6. The van der Waals surface area contributed by atoms with E-state index in [4.69, 9.17) is 0 Å². The van der Waals surface area contributed by atoms with Crippen LogP contribution < -0.4 is 5.32 Å².